The van der Waals surface area contributed by atoms with E-state index < -0.39 is 5.91 Å². The van der Waals surface area contributed by atoms with E-state index in [-0.39, 0.29) is 11.0 Å². The standard InChI is InChI=1S/C21H19N3O2S/c1-2-3-6-13-9-10-17-18(11-13)27-21(23-17)24-20(26)15-12-22-16-8-5-4-7-14(16)19(15)25/h4-5,7-12H,2-3,6H2,1H3,(H,22,25)(H,23,24,26). The molecule has 2 heterocycles. The number of rotatable bonds is 5. The van der Waals surface area contributed by atoms with Gasteiger partial charge in [0.25, 0.3) is 5.91 Å². The van der Waals surface area contributed by atoms with Gasteiger partial charge in [-0.2, -0.15) is 0 Å². The van der Waals surface area contributed by atoms with Crippen LogP contribution in [0.25, 0.3) is 21.1 Å². The molecule has 1 amide bonds. The Hall–Kier alpha value is -2.99. The molecule has 0 unspecified atom stereocenters. The number of nitrogens with one attached hydrogen (secondary N) is 2. The second-order valence-electron chi connectivity index (χ2n) is 6.46. The van der Waals surface area contributed by atoms with E-state index >= 15 is 0 Å². The number of hydrogen-bond donors (Lipinski definition) is 2. The summed E-state index contributed by atoms with van der Waals surface area (Å²) in [5.74, 6) is -0.452. The van der Waals surface area contributed by atoms with E-state index in [2.05, 4.69) is 34.3 Å². The molecule has 27 heavy (non-hydrogen) atoms. The summed E-state index contributed by atoms with van der Waals surface area (Å²) >= 11 is 1.42. The molecule has 2 aromatic carbocycles. The van der Waals surface area contributed by atoms with Crippen LogP contribution in [0.5, 0.6) is 0 Å². The minimum absolute atomic E-state index is 0.0802. The molecule has 0 saturated carbocycles. The van der Waals surface area contributed by atoms with Crippen LogP contribution in [0.4, 0.5) is 5.13 Å². The van der Waals surface area contributed by atoms with Crippen molar-refractivity contribution in [2.24, 2.45) is 0 Å². The molecule has 0 aliphatic heterocycles. The predicted molar refractivity (Wildman–Crippen MR) is 111 cm³/mol. The Bertz CT molecular complexity index is 1190. The molecule has 136 valence electrons. The summed E-state index contributed by atoms with van der Waals surface area (Å²) in [5.41, 5.74) is 2.62. The number of carbonyl (C=O) groups is 1. The van der Waals surface area contributed by atoms with Crippen molar-refractivity contribution in [3.8, 4) is 0 Å². The summed E-state index contributed by atoms with van der Waals surface area (Å²) in [7, 11) is 0. The van der Waals surface area contributed by atoms with Crippen LogP contribution in [-0.4, -0.2) is 15.9 Å². The van der Waals surface area contributed by atoms with E-state index in [1.165, 1.54) is 23.1 Å². The quantitative estimate of drug-likeness (QED) is 0.528. The maximum atomic E-state index is 12.6. The number of H-pyrrole nitrogens is 1. The molecule has 0 spiro atoms. The van der Waals surface area contributed by atoms with Crippen LogP contribution in [0, 0.1) is 0 Å². The van der Waals surface area contributed by atoms with Gasteiger partial charge in [-0.05, 0) is 42.7 Å². The van der Waals surface area contributed by atoms with Crippen molar-refractivity contribution in [3.63, 3.8) is 0 Å². The molecule has 5 nitrogen and oxygen atoms in total. The fourth-order valence-electron chi connectivity index (χ4n) is 3.06. The molecule has 0 bridgehead atoms. The van der Waals surface area contributed by atoms with Crippen LogP contribution < -0.4 is 10.7 Å². The smallest absolute Gasteiger partial charge is 0.262 e. The Kier molecular flexibility index (Phi) is 4.73. The molecule has 2 aromatic heterocycles. The van der Waals surface area contributed by atoms with Crippen LogP contribution in [0.1, 0.15) is 35.7 Å². The number of amides is 1. The van der Waals surface area contributed by atoms with E-state index in [1.807, 2.05) is 18.2 Å². The highest BCUT2D eigenvalue weighted by molar-refractivity contribution is 7.22. The largest absolute Gasteiger partial charge is 0.360 e. The zero-order valence-electron chi connectivity index (χ0n) is 14.9. The summed E-state index contributed by atoms with van der Waals surface area (Å²) in [4.78, 5) is 32.6. The van der Waals surface area contributed by atoms with E-state index in [0.29, 0.717) is 16.0 Å². The minimum atomic E-state index is -0.452. The van der Waals surface area contributed by atoms with Gasteiger partial charge in [-0.3, -0.25) is 14.9 Å². The van der Waals surface area contributed by atoms with Crippen molar-refractivity contribution in [3.05, 3.63) is 70.0 Å². The number of para-hydroxylation sites is 1. The fraction of sp³-hybridized carbons (Fsp3) is 0.190. The molecule has 0 aliphatic carbocycles. The number of anilines is 1. The summed E-state index contributed by atoms with van der Waals surface area (Å²) < 4.78 is 1.03. The van der Waals surface area contributed by atoms with Gasteiger partial charge in [-0.15, -0.1) is 0 Å². The average molecular weight is 377 g/mol. The first kappa shape index (κ1) is 17.4. The van der Waals surface area contributed by atoms with Crippen LogP contribution in [0.15, 0.2) is 53.5 Å². The summed E-state index contributed by atoms with van der Waals surface area (Å²) in [6.45, 7) is 2.17. The Morgan fingerprint density at radius 1 is 1.22 bits per heavy atom. The number of fused-ring (bicyclic) bond motifs is 2. The lowest BCUT2D eigenvalue weighted by molar-refractivity contribution is 0.102. The maximum absolute atomic E-state index is 12.6. The number of carbonyl (C=O) groups excluding carboxylic acids is 1. The molecule has 4 aromatic rings. The zero-order valence-corrected chi connectivity index (χ0v) is 15.7. The van der Waals surface area contributed by atoms with Gasteiger partial charge in [0, 0.05) is 17.1 Å². The normalized spacial score (nSPS) is 11.1. The topological polar surface area (TPSA) is 74.8 Å². The number of thiazole rings is 1. The van der Waals surface area contributed by atoms with Crippen molar-refractivity contribution in [1.82, 2.24) is 9.97 Å². The molecule has 0 saturated heterocycles. The van der Waals surface area contributed by atoms with E-state index in [4.69, 9.17) is 0 Å². The molecule has 0 radical (unpaired) electrons. The van der Waals surface area contributed by atoms with Gasteiger partial charge in [-0.1, -0.05) is 42.9 Å². The molecular formula is C21H19N3O2S. The minimum Gasteiger partial charge on any atom is -0.360 e. The highest BCUT2D eigenvalue weighted by Crippen LogP contribution is 2.27. The third-order valence-electron chi connectivity index (χ3n) is 4.53. The van der Waals surface area contributed by atoms with Gasteiger partial charge in [0.05, 0.1) is 10.2 Å². The van der Waals surface area contributed by atoms with Crippen LogP contribution in [0.2, 0.25) is 0 Å². The lowest BCUT2D eigenvalue weighted by Gasteiger charge is -2.03. The van der Waals surface area contributed by atoms with Gasteiger partial charge < -0.3 is 4.98 Å². The van der Waals surface area contributed by atoms with Gasteiger partial charge in [0.1, 0.15) is 5.56 Å². The van der Waals surface area contributed by atoms with Crippen LogP contribution in [-0.2, 0) is 6.42 Å². The van der Waals surface area contributed by atoms with E-state index in [9.17, 15) is 9.59 Å². The zero-order chi connectivity index (χ0) is 18.8. The molecule has 0 atom stereocenters. The van der Waals surface area contributed by atoms with Crippen molar-refractivity contribution >= 4 is 43.5 Å². The van der Waals surface area contributed by atoms with Gasteiger partial charge in [0.15, 0.2) is 5.13 Å². The lowest BCUT2D eigenvalue weighted by atomic mass is 10.1. The number of pyridine rings is 1. The number of unbranched alkanes of at least 4 members (excludes halogenated alkanes) is 1. The second kappa shape index (κ2) is 7.32. The molecule has 0 aliphatic rings. The fourth-order valence-corrected chi connectivity index (χ4v) is 3.98. The Labute approximate surface area is 160 Å². The number of nitrogens with zero attached hydrogens (tertiary/aromatic N) is 1. The van der Waals surface area contributed by atoms with Gasteiger partial charge in [0.2, 0.25) is 5.43 Å². The van der Waals surface area contributed by atoms with Gasteiger partial charge >= 0.3 is 0 Å². The summed E-state index contributed by atoms with van der Waals surface area (Å²) in [6.07, 6.45) is 4.80. The van der Waals surface area contributed by atoms with Crippen molar-refractivity contribution in [2.75, 3.05) is 5.32 Å². The summed E-state index contributed by atoms with van der Waals surface area (Å²) in [5, 5.41) is 3.76. The third kappa shape index (κ3) is 3.48. The first-order chi connectivity index (χ1) is 13.2. The van der Waals surface area contributed by atoms with Crippen LogP contribution >= 0.6 is 11.3 Å². The Morgan fingerprint density at radius 3 is 2.93 bits per heavy atom. The Morgan fingerprint density at radius 2 is 2.07 bits per heavy atom. The first-order valence-corrected chi connectivity index (χ1v) is 9.78. The maximum Gasteiger partial charge on any atom is 0.262 e. The molecule has 4 rings (SSSR count). The highest BCUT2D eigenvalue weighted by atomic mass is 32.1. The SMILES string of the molecule is CCCCc1ccc2nc(NC(=O)c3c[nH]c4ccccc4c3=O)sc2c1. The van der Waals surface area contributed by atoms with Gasteiger partial charge in [-0.25, -0.2) is 4.98 Å². The van der Waals surface area contributed by atoms with E-state index in [0.717, 1.165) is 29.5 Å². The number of aromatic nitrogens is 2. The number of aryl methyl sites for hydroxylation is 1. The number of hydrogen-bond acceptors (Lipinski definition) is 4. The highest BCUT2D eigenvalue weighted by Gasteiger charge is 2.15. The predicted octanol–water partition coefficient (Wildman–Crippen LogP) is 4.73. The van der Waals surface area contributed by atoms with Crippen molar-refractivity contribution in [2.45, 2.75) is 26.2 Å². The van der Waals surface area contributed by atoms with Crippen molar-refractivity contribution < 1.29 is 4.79 Å². The molecule has 6 heteroatoms. The van der Waals surface area contributed by atoms with Crippen LogP contribution in [0.3, 0.4) is 0 Å². The number of aromatic amines is 1. The molecule has 0 fully saturated rings. The molecular weight excluding hydrogens is 358 g/mol. The van der Waals surface area contributed by atoms with Crippen molar-refractivity contribution in [1.29, 1.82) is 0 Å². The third-order valence-corrected chi connectivity index (χ3v) is 5.46. The summed E-state index contributed by atoms with van der Waals surface area (Å²) in [6, 6.07) is 13.3. The molecule has 2 N–H and O–H groups in total. The second-order valence-corrected chi connectivity index (χ2v) is 7.49. The number of benzene rings is 2. The van der Waals surface area contributed by atoms with E-state index in [1.54, 1.807) is 12.1 Å². The Balaban J connectivity index is 1.61. The lowest BCUT2D eigenvalue weighted by Crippen LogP contribution is -2.21. The first-order valence-electron chi connectivity index (χ1n) is 8.97. The average Bonchev–Trinajstić information content (AvgIpc) is 3.08. The monoisotopic (exact) mass is 377 g/mol.